The van der Waals surface area contributed by atoms with Crippen molar-refractivity contribution in [1.82, 2.24) is 15.2 Å². The second-order valence-electron chi connectivity index (χ2n) is 6.77. The van der Waals surface area contributed by atoms with Gasteiger partial charge in [0.25, 0.3) is 11.8 Å². The van der Waals surface area contributed by atoms with Gasteiger partial charge in [-0.1, -0.05) is 18.2 Å². The maximum atomic E-state index is 12.5. The first kappa shape index (κ1) is 17.9. The van der Waals surface area contributed by atoms with E-state index in [0.29, 0.717) is 17.7 Å². The molecular formula is C19H21N3O4. The molecule has 1 aromatic carbocycles. The number of carbonyl (C=O) groups is 2. The summed E-state index contributed by atoms with van der Waals surface area (Å²) < 4.78 is 0. The third-order valence-corrected chi connectivity index (χ3v) is 4.53. The number of nitrogens with zero attached hydrogens (tertiary/aromatic N) is 1. The Morgan fingerprint density at radius 2 is 2.08 bits per heavy atom. The molecule has 0 spiro atoms. The number of nitrogens with one attached hydrogen (secondary N) is 2. The van der Waals surface area contributed by atoms with Gasteiger partial charge in [0, 0.05) is 24.4 Å². The van der Waals surface area contributed by atoms with E-state index in [-0.39, 0.29) is 18.0 Å². The third-order valence-electron chi connectivity index (χ3n) is 4.53. The first-order chi connectivity index (χ1) is 12.3. The predicted octanol–water partition coefficient (Wildman–Crippen LogP) is 0.959. The molecule has 0 radical (unpaired) electrons. The summed E-state index contributed by atoms with van der Waals surface area (Å²) in [6.07, 6.45) is 1.50. The normalized spacial score (nSPS) is 16.7. The van der Waals surface area contributed by atoms with Crippen molar-refractivity contribution in [3.63, 3.8) is 0 Å². The summed E-state index contributed by atoms with van der Waals surface area (Å²) in [6.45, 7) is 3.35. The molecule has 0 fully saturated rings. The standard InChI is InChI=1S/C19H21N3O4/c1-12(13-7-8-20-16(23)9-13)21-18(25)19(2,26)11-22-10-14-5-3-4-6-15(14)17(22)24/h3-9,12,26H,10-11H2,1-2H3,(H,20,23)(H,21,25). The van der Waals surface area contributed by atoms with Crippen LogP contribution in [0.5, 0.6) is 0 Å². The molecule has 0 bridgehead atoms. The molecule has 2 heterocycles. The van der Waals surface area contributed by atoms with E-state index in [9.17, 15) is 19.5 Å². The van der Waals surface area contributed by atoms with Crippen molar-refractivity contribution in [1.29, 1.82) is 0 Å². The highest BCUT2D eigenvalue weighted by atomic mass is 16.3. The third kappa shape index (κ3) is 3.52. The van der Waals surface area contributed by atoms with Crippen molar-refractivity contribution in [3.8, 4) is 0 Å². The van der Waals surface area contributed by atoms with Gasteiger partial charge in [0.1, 0.15) is 0 Å². The minimum atomic E-state index is -1.76. The van der Waals surface area contributed by atoms with E-state index < -0.39 is 17.6 Å². The van der Waals surface area contributed by atoms with Crippen LogP contribution in [0.3, 0.4) is 0 Å². The minimum Gasteiger partial charge on any atom is -0.378 e. The topological polar surface area (TPSA) is 102 Å². The SMILES string of the molecule is CC(NC(=O)C(C)(O)CN1Cc2ccccc2C1=O)c1cc[nH]c(=O)c1. The highest BCUT2D eigenvalue weighted by molar-refractivity contribution is 5.98. The molecule has 7 heteroatoms. The van der Waals surface area contributed by atoms with E-state index in [4.69, 9.17) is 0 Å². The molecule has 2 aromatic rings. The summed E-state index contributed by atoms with van der Waals surface area (Å²) in [4.78, 5) is 40.3. The van der Waals surface area contributed by atoms with Crippen molar-refractivity contribution in [2.24, 2.45) is 0 Å². The quantitative estimate of drug-likeness (QED) is 0.743. The lowest BCUT2D eigenvalue weighted by Crippen LogP contribution is -2.52. The Morgan fingerprint density at radius 1 is 1.35 bits per heavy atom. The number of amides is 2. The Bertz CT molecular complexity index is 903. The smallest absolute Gasteiger partial charge is 0.254 e. The van der Waals surface area contributed by atoms with Crippen molar-refractivity contribution in [2.45, 2.75) is 32.0 Å². The van der Waals surface area contributed by atoms with Gasteiger partial charge in [-0.05, 0) is 37.1 Å². The van der Waals surface area contributed by atoms with Crippen LogP contribution in [0.1, 0.15) is 41.4 Å². The molecule has 136 valence electrons. The number of β-amino-alcohol motifs (C(OH)–C–C–N with tert-alkyl or cyclic N) is 1. The molecular weight excluding hydrogens is 334 g/mol. The van der Waals surface area contributed by atoms with Crippen LogP contribution >= 0.6 is 0 Å². The number of H-pyrrole nitrogens is 1. The second kappa shape index (κ2) is 6.76. The van der Waals surface area contributed by atoms with Crippen LogP contribution in [0.4, 0.5) is 0 Å². The lowest BCUT2D eigenvalue weighted by atomic mass is 10.0. The molecule has 0 saturated heterocycles. The van der Waals surface area contributed by atoms with Crippen molar-refractivity contribution < 1.29 is 14.7 Å². The summed E-state index contributed by atoms with van der Waals surface area (Å²) in [5.41, 5.74) is 0.0807. The van der Waals surface area contributed by atoms with Gasteiger partial charge in [0.05, 0.1) is 12.6 Å². The molecule has 3 N–H and O–H groups in total. The Labute approximate surface area is 150 Å². The van der Waals surface area contributed by atoms with Gasteiger partial charge >= 0.3 is 0 Å². The number of aliphatic hydroxyl groups is 1. The summed E-state index contributed by atoms with van der Waals surface area (Å²) >= 11 is 0. The molecule has 1 aromatic heterocycles. The summed E-state index contributed by atoms with van der Waals surface area (Å²) in [7, 11) is 0. The Morgan fingerprint density at radius 3 is 2.77 bits per heavy atom. The van der Waals surface area contributed by atoms with Crippen LogP contribution in [0.2, 0.25) is 0 Å². The monoisotopic (exact) mass is 355 g/mol. The maximum Gasteiger partial charge on any atom is 0.254 e. The summed E-state index contributed by atoms with van der Waals surface area (Å²) in [6, 6.07) is 9.85. The molecule has 0 saturated carbocycles. The van der Waals surface area contributed by atoms with Gasteiger partial charge in [-0.15, -0.1) is 0 Å². The number of hydrogen-bond donors (Lipinski definition) is 3. The number of pyridine rings is 1. The highest BCUT2D eigenvalue weighted by Gasteiger charge is 2.38. The van der Waals surface area contributed by atoms with Crippen LogP contribution in [-0.2, 0) is 11.3 Å². The minimum absolute atomic E-state index is 0.117. The van der Waals surface area contributed by atoms with Crippen LogP contribution in [0, 0.1) is 0 Å². The zero-order valence-electron chi connectivity index (χ0n) is 14.7. The molecule has 2 amide bonds. The Kier molecular flexibility index (Phi) is 4.65. The van der Waals surface area contributed by atoms with E-state index in [1.54, 1.807) is 25.1 Å². The summed E-state index contributed by atoms with van der Waals surface area (Å²) in [5.74, 6) is -0.801. The molecule has 26 heavy (non-hydrogen) atoms. The lowest BCUT2D eigenvalue weighted by molar-refractivity contribution is -0.140. The van der Waals surface area contributed by atoms with E-state index >= 15 is 0 Å². The molecule has 7 nitrogen and oxygen atoms in total. The molecule has 3 rings (SSSR count). The Hall–Kier alpha value is -2.93. The number of fused-ring (bicyclic) bond motifs is 1. The van der Waals surface area contributed by atoms with Gasteiger partial charge in [-0.3, -0.25) is 14.4 Å². The molecule has 2 unspecified atom stereocenters. The van der Waals surface area contributed by atoms with Crippen molar-refractivity contribution >= 4 is 11.8 Å². The van der Waals surface area contributed by atoms with E-state index in [1.807, 2.05) is 12.1 Å². The lowest BCUT2D eigenvalue weighted by Gasteiger charge is -2.29. The summed E-state index contributed by atoms with van der Waals surface area (Å²) in [5, 5.41) is 13.3. The fourth-order valence-corrected chi connectivity index (χ4v) is 3.05. The van der Waals surface area contributed by atoms with Gasteiger partial charge in [-0.25, -0.2) is 0 Å². The number of rotatable bonds is 5. The van der Waals surface area contributed by atoms with Gasteiger partial charge < -0.3 is 20.3 Å². The van der Waals surface area contributed by atoms with E-state index in [0.717, 1.165) is 5.56 Å². The molecule has 2 atom stereocenters. The Balaban J connectivity index is 1.67. The first-order valence-corrected chi connectivity index (χ1v) is 8.37. The molecule has 0 aliphatic carbocycles. The fourth-order valence-electron chi connectivity index (χ4n) is 3.05. The average molecular weight is 355 g/mol. The largest absolute Gasteiger partial charge is 0.378 e. The fraction of sp³-hybridized carbons (Fsp3) is 0.316. The predicted molar refractivity (Wildman–Crippen MR) is 95.4 cm³/mol. The second-order valence-corrected chi connectivity index (χ2v) is 6.77. The number of hydrogen-bond acceptors (Lipinski definition) is 4. The van der Waals surface area contributed by atoms with Gasteiger partial charge in [0.2, 0.25) is 5.56 Å². The van der Waals surface area contributed by atoms with Crippen molar-refractivity contribution in [3.05, 3.63) is 69.6 Å². The van der Waals surface area contributed by atoms with E-state index in [2.05, 4.69) is 10.3 Å². The van der Waals surface area contributed by atoms with E-state index in [1.165, 1.54) is 24.1 Å². The number of carbonyl (C=O) groups excluding carboxylic acids is 2. The zero-order chi connectivity index (χ0) is 18.9. The number of benzene rings is 1. The first-order valence-electron chi connectivity index (χ1n) is 8.37. The number of aromatic nitrogens is 1. The van der Waals surface area contributed by atoms with Crippen LogP contribution < -0.4 is 10.9 Å². The molecule has 1 aliphatic heterocycles. The number of aromatic amines is 1. The van der Waals surface area contributed by atoms with Crippen LogP contribution in [-0.4, -0.2) is 39.0 Å². The average Bonchev–Trinajstić information content (AvgIpc) is 2.90. The van der Waals surface area contributed by atoms with Crippen LogP contribution in [0.25, 0.3) is 0 Å². The molecule has 1 aliphatic rings. The maximum absolute atomic E-state index is 12.5. The van der Waals surface area contributed by atoms with Crippen LogP contribution in [0.15, 0.2) is 47.4 Å². The van der Waals surface area contributed by atoms with Crippen molar-refractivity contribution in [2.75, 3.05) is 6.54 Å². The highest BCUT2D eigenvalue weighted by Crippen LogP contribution is 2.24. The zero-order valence-corrected chi connectivity index (χ0v) is 14.7. The van der Waals surface area contributed by atoms with Gasteiger partial charge in [-0.2, -0.15) is 0 Å². The van der Waals surface area contributed by atoms with Gasteiger partial charge in [0.15, 0.2) is 5.60 Å².